The SMILES string of the molecule is N#Cc1ccc(OB(O)O)c(Cl)c1. The van der Waals surface area contributed by atoms with Crippen LogP contribution in [0.3, 0.4) is 0 Å². The van der Waals surface area contributed by atoms with E-state index in [1.165, 1.54) is 18.2 Å². The molecule has 1 aromatic carbocycles. The lowest BCUT2D eigenvalue weighted by atomic mass is 10.2. The molecule has 0 unspecified atom stereocenters. The van der Waals surface area contributed by atoms with E-state index in [9.17, 15) is 0 Å². The van der Waals surface area contributed by atoms with Crippen LogP contribution in [0.4, 0.5) is 0 Å². The molecule has 13 heavy (non-hydrogen) atoms. The first-order valence-electron chi connectivity index (χ1n) is 3.36. The molecule has 0 fully saturated rings. The maximum Gasteiger partial charge on any atom is 0.707 e. The Kier molecular flexibility index (Phi) is 3.15. The van der Waals surface area contributed by atoms with E-state index in [2.05, 4.69) is 4.65 Å². The Morgan fingerprint density at radius 1 is 1.46 bits per heavy atom. The van der Waals surface area contributed by atoms with Crippen molar-refractivity contribution in [3.05, 3.63) is 28.8 Å². The van der Waals surface area contributed by atoms with Crippen LogP contribution >= 0.6 is 11.6 Å². The van der Waals surface area contributed by atoms with Gasteiger partial charge < -0.3 is 14.7 Å². The number of benzene rings is 1. The summed E-state index contributed by atoms with van der Waals surface area (Å²) in [5.74, 6) is 0.121. The van der Waals surface area contributed by atoms with Crippen LogP contribution in [0.25, 0.3) is 0 Å². The molecule has 0 amide bonds. The van der Waals surface area contributed by atoms with Crippen LogP contribution in [-0.2, 0) is 0 Å². The van der Waals surface area contributed by atoms with Crippen molar-refractivity contribution in [2.45, 2.75) is 0 Å². The average Bonchev–Trinajstić information content (AvgIpc) is 2.08. The highest BCUT2D eigenvalue weighted by Crippen LogP contribution is 2.25. The van der Waals surface area contributed by atoms with Crippen LogP contribution in [-0.4, -0.2) is 17.4 Å². The Labute approximate surface area is 80.1 Å². The van der Waals surface area contributed by atoms with Crippen molar-refractivity contribution in [1.82, 2.24) is 0 Å². The fourth-order valence-corrected chi connectivity index (χ4v) is 1.00. The summed E-state index contributed by atoms with van der Waals surface area (Å²) in [5, 5.41) is 25.6. The average molecular weight is 197 g/mol. The second-order valence-corrected chi connectivity index (χ2v) is 2.61. The summed E-state index contributed by atoms with van der Waals surface area (Å²) in [6.45, 7) is 0. The van der Waals surface area contributed by atoms with Crippen molar-refractivity contribution in [2.75, 3.05) is 0 Å². The second kappa shape index (κ2) is 4.14. The molecule has 2 N–H and O–H groups in total. The molecule has 0 atom stereocenters. The van der Waals surface area contributed by atoms with Gasteiger partial charge in [0.25, 0.3) is 0 Å². The second-order valence-electron chi connectivity index (χ2n) is 2.20. The van der Waals surface area contributed by atoms with Crippen molar-refractivity contribution < 1.29 is 14.7 Å². The number of nitrogens with zero attached hydrogens (tertiary/aromatic N) is 1. The molecular weight excluding hydrogens is 192 g/mol. The molecular formula is C7H5BClNO3. The molecule has 0 aliphatic carbocycles. The molecule has 0 saturated carbocycles. The van der Waals surface area contributed by atoms with Gasteiger partial charge in [0.15, 0.2) is 0 Å². The van der Waals surface area contributed by atoms with Crippen molar-refractivity contribution in [3.8, 4) is 11.8 Å². The highest BCUT2D eigenvalue weighted by Gasteiger charge is 2.13. The van der Waals surface area contributed by atoms with E-state index < -0.39 is 7.32 Å². The fourth-order valence-electron chi connectivity index (χ4n) is 0.780. The molecule has 0 spiro atoms. The minimum atomic E-state index is -1.91. The Balaban J connectivity index is 2.93. The standard InChI is InChI=1S/C7H5BClNO3/c9-6-3-5(4-10)1-2-7(6)13-8(11)12/h1-3,11-12H. The monoisotopic (exact) mass is 197 g/mol. The number of hydrogen-bond acceptors (Lipinski definition) is 4. The van der Waals surface area contributed by atoms with Gasteiger partial charge in [-0.15, -0.1) is 0 Å². The quantitative estimate of drug-likeness (QED) is 0.680. The number of hydrogen-bond donors (Lipinski definition) is 2. The van der Waals surface area contributed by atoms with E-state index in [0.717, 1.165) is 0 Å². The maximum atomic E-state index is 8.49. The molecule has 0 saturated heterocycles. The van der Waals surface area contributed by atoms with Crippen molar-refractivity contribution in [2.24, 2.45) is 0 Å². The number of halogens is 1. The summed E-state index contributed by atoms with van der Waals surface area (Å²) >= 11 is 5.65. The van der Waals surface area contributed by atoms with Gasteiger partial charge in [0.1, 0.15) is 5.75 Å². The zero-order chi connectivity index (χ0) is 9.84. The summed E-state index contributed by atoms with van der Waals surface area (Å²) in [6, 6.07) is 6.11. The zero-order valence-electron chi connectivity index (χ0n) is 6.44. The van der Waals surface area contributed by atoms with Crippen molar-refractivity contribution >= 4 is 18.9 Å². The minimum absolute atomic E-state index is 0.121. The molecule has 4 nitrogen and oxygen atoms in total. The maximum absolute atomic E-state index is 8.49. The lowest BCUT2D eigenvalue weighted by molar-refractivity contribution is 0.288. The van der Waals surface area contributed by atoms with E-state index in [4.69, 9.17) is 26.9 Å². The van der Waals surface area contributed by atoms with E-state index in [0.29, 0.717) is 5.56 Å². The van der Waals surface area contributed by atoms with Crippen LogP contribution < -0.4 is 4.65 Å². The van der Waals surface area contributed by atoms with Crippen LogP contribution in [0.15, 0.2) is 18.2 Å². The lowest BCUT2D eigenvalue weighted by Crippen LogP contribution is -2.20. The third-order valence-electron chi connectivity index (χ3n) is 1.29. The third kappa shape index (κ3) is 2.63. The van der Waals surface area contributed by atoms with Gasteiger partial charge in [-0.25, -0.2) is 0 Å². The Morgan fingerprint density at radius 3 is 2.62 bits per heavy atom. The summed E-state index contributed by atoms with van der Waals surface area (Å²) in [4.78, 5) is 0. The molecule has 0 aliphatic heterocycles. The molecule has 1 rings (SSSR count). The summed E-state index contributed by atoms with van der Waals surface area (Å²) < 4.78 is 4.51. The van der Waals surface area contributed by atoms with E-state index in [-0.39, 0.29) is 10.8 Å². The van der Waals surface area contributed by atoms with Crippen LogP contribution in [0.1, 0.15) is 5.56 Å². The first-order chi connectivity index (χ1) is 6.13. The largest absolute Gasteiger partial charge is 0.707 e. The van der Waals surface area contributed by atoms with E-state index in [1.54, 1.807) is 0 Å². The lowest BCUT2D eigenvalue weighted by Gasteiger charge is -2.05. The smallest absolute Gasteiger partial charge is 0.511 e. The molecule has 0 radical (unpaired) electrons. The molecule has 0 aromatic heterocycles. The first-order valence-corrected chi connectivity index (χ1v) is 3.73. The van der Waals surface area contributed by atoms with E-state index >= 15 is 0 Å². The Morgan fingerprint density at radius 2 is 2.15 bits per heavy atom. The van der Waals surface area contributed by atoms with Gasteiger partial charge in [0, 0.05) is 0 Å². The van der Waals surface area contributed by atoms with E-state index in [1.807, 2.05) is 6.07 Å². The molecule has 66 valence electrons. The van der Waals surface area contributed by atoms with Gasteiger partial charge in [-0.3, -0.25) is 0 Å². The van der Waals surface area contributed by atoms with Crippen LogP contribution in [0.2, 0.25) is 5.02 Å². The van der Waals surface area contributed by atoms with Gasteiger partial charge in [0.2, 0.25) is 0 Å². The fraction of sp³-hybridized carbons (Fsp3) is 0. The van der Waals surface area contributed by atoms with Gasteiger partial charge in [-0.1, -0.05) is 11.6 Å². The van der Waals surface area contributed by atoms with Gasteiger partial charge in [-0.2, -0.15) is 5.26 Å². The van der Waals surface area contributed by atoms with Gasteiger partial charge in [0.05, 0.1) is 16.7 Å². The van der Waals surface area contributed by atoms with Crippen molar-refractivity contribution in [3.63, 3.8) is 0 Å². The summed E-state index contributed by atoms with van der Waals surface area (Å²) in [7, 11) is -1.91. The van der Waals surface area contributed by atoms with Crippen LogP contribution in [0, 0.1) is 11.3 Å². The van der Waals surface area contributed by atoms with Crippen LogP contribution in [0.5, 0.6) is 5.75 Å². The summed E-state index contributed by atoms with van der Waals surface area (Å²) in [5.41, 5.74) is 0.379. The van der Waals surface area contributed by atoms with Gasteiger partial charge >= 0.3 is 7.32 Å². The third-order valence-corrected chi connectivity index (χ3v) is 1.59. The predicted octanol–water partition coefficient (Wildman–Crippen LogP) is 0.560. The molecule has 0 aliphatic rings. The molecule has 1 aromatic rings. The Bertz CT molecular complexity index is 350. The zero-order valence-corrected chi connectivity index (χ0v) is 7.19. The highest BCUT2D eigenvalue weighted by molar-refractivity contribution is 6.36. The van der Waals surface area contributed by atoms with Crippen molar-refractivity contribution in [1.29, 1.82) is 5.26 Å². The first kappa shape index (κ1) is 9.87. The topological polar surface area (TPSA) is 73.5 Å². The van der Waals surface area contributed by atoms with Gasteiger partial charge in [-0.05, 0) is 18.2 Å². The number of nitriles is 1. The predicted molar refractivity (Wildman–Crippen MR) is 47.0 cm³/mol. The Hall–Kier alpha value is -1.22. The minimum Gasteiger partial charge on any atom is -0.511 e. The summed E-state index contributed by atoms with van der Waals surface area (Å²) in [6.07, 6.45) is 0. The highest BCUT2D eigenvalue weighted by atomic mass is 35.5. The number of rotatable bonds is 2. The normalized spacial score (nSPS) is 9.08. The molecule has 0 bridgehead atoms. The molecule has 0 heterocycles. The molecule has 6 heteroatoms.